The molecule has 1 aromatic rings. The lowest BCUT2D eigenvalue weighted by molar-refractivity contribution is -0.0504. The van der Waals surface area contributed by atoms with Crippen LogP contribution in [0.4, 0.5) is 8.78 Å². The van der Waals surface area contributed by atoms with Gasteiger partial charge in [-0.15, -0.1) is 0 Å². The molecule has 0 spiro atoms. The Balaban J connectivity index is 2.66. The third-order valence-electron chi connectivity index (χ3n) is 2.69. The molecular formula is C14H20ClF2N3O. The molecule has 0 fully saturated rings. The highest BCUT2D eigenvalue weighted by atomic mass is 35.5. The quantitative estimate of drug-likeness (QED) is 0.598. The normalized spacial score (nSPS) is 12.0. The van der Waals surface area contributed by atoms with Crippen molar-refractivity contribution in [2.24, 2.45) is 16.6 Å². The van der Waals surface area contributed by atoms with Crippen LogP contribution in [0.1, 0.15) is 25.8 Å². The van der Waals surface area contributed by atoms with E-state index in [4.69, 9.17) is 17.3 Å². The number of rotatable bonds is 7. The monoisotopic (exact) mass is 319 g/mol. The third kappa shape index (κ3) is 7.13. The first-order chi connectivity index (χ1) is 9.88. The van der Waals surface area contributed by atoms with Gasteiger partial charge in [0.1, 0.15) is 5.75 Å². The fourth-order valence-corrected chi connectivity index (χ4v) is 1.79. The molecule has 0 amide bonds. The van der Waals surface area contributed by atoms with Gasteiger partial charge in [-0.3, -0.25) is 0 Å². The maximum atomic E-state index is 12.3. The van der Waals surface area contributed by atoms with Crippen LogP contribution in [0.2, 0.25) is 5.02 Å². The smallest absolute Gasteiger partial charge is 0.387 e. The number of nitrogens with two attached hydrogens (primary N) is 1. The van der Waals surface area contributed by atoms with Crippen LogP contribution in [0.15, 0.2) is 23.2 Å². The molecule has 0 saturated carbocycles. The van der Waals surface area contributed by atoms with Crippen LogP contribution >= 0.6 is 11.6 Å². The Morgan fingerprint density at radius 2 is 2.14 bits per heavy atom. The zero-order valence-electron chi connectivity index (χ0n) is 12.1. The zero-order chi connectivity index (χ0) is 15.8. The van der Waals surface area contributed by atoms with E-state index in [0.717, 1.165) is 6.42 Å². The topological polar surface area (TPSA) is 59.6 Å². The summed E-state index contributed by atoms with van der Waals surface area (Å²) in [5.41, 5.74) is 6.17. The molecule has 0 bridgehead atoms. The summed E-state index contributed by atoms with van der Waals surface area (Å²) in [6, 6.07) is 4.41. The molecule has 0 saturated heterocycles. The van der Waals surface area contributed by atoms with E-state index in [1.54, 1.807) is 0 Å². The van der Waals surface area contributed by atoms with Gasteiger partial charge < -0.3 is 15.8 Å². The summed E-state index contributed by atoms with van der Waals surface area (Å²) < 4.78 is 29.1. The van der Waals surface area contributed by atoms with E-state index < -0.39 is 6.61 Å². The van der Waals surface area contributed by atoms with Crippen molar-refractivity contribution in [2.45, 2.75) is 33.4 Å². The molecule has 0 unspecified atom stereocenters. The predicted molar refractivity (Wildman–Crippen MR) is 80.9 cm³/mol. The van der Waals surface area contributed by atoms with Crippen molar-refractivity contribution < 1.29 is 13.5 Å². The number of alkyl halides is 2. The average Bonchev–Trinajstić information content (AvgIpc) is 2.38. The number of nitrogens with one attached hydrogen (secondary N) is 1. The van der Waals surface area contributed by atoms with Crippen molar-refractivity contribution in [3.63, 3.8) is 0 Å². The summed E-state index contributed by atoms with van der Waals surface area (Å²) in [5, 5.41) is 3.39. The molecule has 0 aliphatic heterocycles. The molecule has 0 aliphatic carbocycles. The lowest BCUT2D eigenvalue weighted by Crippen LogP contribution is -2.32. The summed E-state index contributed by atoms with van der Waals surface area (Å²) >= 11 is 5.85. The van der Waals surface area contributed by atoms with Crippen LogP contribution in [0.5, 0.6) is 5.75 Å². The predicted octanol–water partition coefficient (Wildman–Crippen LogP) is 3.39. The van der Waals surface area contributed by atoms with E-state index in [-0.39, 0.29) is 18.3 Å². The Bertz CT molecular complexity index is 481. The number of ether oxygens (including phenoxy) is 1. The second-order valence-corrected chi connectivity index (χ2v) is 5.38. The Hall–Kier alpha value is -1.56. The first kappa shape index (κ1) is 17.5. The summed E-state index contributed by atoms with van der Waals surface area (Å²) in [7, 11) is 0. The summed E-state index contributed by atoms with van der Waals surface area (Å²) in [6.07, 6.45) is 0.965. The highest BCUT2D eigenvalue weighted by molar-refractivity contribution is 6.30. The van der Waals surface area contributed by atoms with Gasteiger partial charge in [0, 0.05) is 17.1 Å². The molecular weight excluding hydrogens is 300 g/mol. The Kier molecular flexibility index (Phi) is 7.22. The average molecular weight is 320 g/mol. The van der Waals surface area contributed by atoms with Gasteiger partial charge in [0.2, 0.25) is 0 Å². The Morgan fingerprint density at radius 3 is 2.76 bits per heavy atom. The number of aliphatic imine (C=N–C) groups is 1. The largest absolute Gasteiger partial charge is 0.434 e. The van der Waals surface area contributed by atoms with E-state index in [2.05, 4.69) is 28.9 Å². The van der Waals surface area contributed by atoms with Gasteiger partial charge >= 0.3 is 6.61 Å². The van der Waals surface area contributed by atoms with Crippen molar-refractivity contribution in [3.8, 4) is 5.75 Å². The van der Waals surface area contributed by atoms with E-state index in [0.29, 0.717) is 23.0 Å². The zero-order valence-corrected chi connectivity index (χ0v) is 12.8. The number of nitrogens with zero attached hydrogens (tertiary/aromatic N) is 1. The fraction of sp³-hybridized carbons (Fsp3) is 0.500. The minimum Gasteiger partial charge on any atom is -0.434 e. The highest BCUT2D eigenvalue weighted by Crippen LogP contribution is 2.25. The SMILES string of the molecule is CC(C)CCNC(N)=NCc1cc(Cl)ccc1OC(F)F. The van der Waals surface area contributed by atoms with Gasteiger partial charge in [-0.05, 0) is 30.5 Å². The van der Waals surface area contributed by atoms with Gasteiger partial charge in [0.15, 0.2) is 5.96 Å². The number of benzene rings is 1. The number of halogens is 3. The number of hydrogen-bond acceptors (Lipinski definition) is 2. The van der Waals surface area contributed by atoms with Gasteiger partial charge in [0.05, 0.1) is 6.54 Å². The molecule has 0 atom stereocenters. The molecule has 0 aromatic heterocycles. The summed E-state index contributed by atoms with van der Waals surface area (Å²) in [4.78, 5) is 4.10. The van der Waals surface area contributed by atoms with Crippen molar-refractivity contribution in [1.82, 2.24) is 5.32 Å². The molecule has 3 N–H and O–H groups in total. The van der Waals surface area contributed by atoms with Gasteiger partial charge in [-0.25, -0.2) is 4.99 Å². The number of guanidine groups is 1. The maximum absolute atomic E-state index is 12.3. The van der Waals surface area contributed by atoms with Crippen LogP contribution < -0.4 is 15.8 Å². The van der Waals surface area contributed by atoms with E-state index in [9.17, 15) is 8.78 Å². The van der Waals surface area contributed by atoms with E-state index in [1.165, 1.54) is 18.2 Å². The van der Waals surface area contributed by atoms with Crippen LogP contribution in [-0.4, -0.2) is 19.1 Å². The molecule has 118 valence electrons. The van der Waals surface area contributed by atoms with Crippen LogP contribution in [0.25, 0.3) is 0 Å². The molecule has 4 nitrogen and oxygen atoms in total. The van der Waals surface area contributed by atoms with Crippen molar-refractivity contribution >= 4 is 17.6 Å². The molecule has 0 aliphatic rings. The minimum atomic E-state index is -2.89. The molecule has 0 radical (unpaired) electrons. The lowest BCUT2D eigenvalue weighted by Gasteiger charge is -2.11. The molecule has 1 rings (SSSR count). The third-order valence-corrected chi connectivity index (χ3v) is 2.92. The molecule has 1 aromatic carbocycles. The fourth-order valence-electron chi connectivity index (χ4n) is 1.60. The maximum Gasteiger partial charge on any atom is 0.387 e. The Morgan fingerprint density at radius 1 is 1.43 bits per heavy atom. The standard InChI is InChI=1S/C14H20ClF2N3O/c1-9(2)5-6-19-14(18)20-8-10-7-11(15)3-4-12(10)21-13(16)17/h3-4,7,9,13H,5-6,8H2,1-2H3,(H3,18,19,20). The first-order valence-corrected chi connectivity index (χ1v) is 7.03. The summed E-state index contributed by atoms with van der Waals surface area (Å²) in [5.74, 6) is 0.871. The van der Waals surface area contributed by atoms with Crippen molar-refractivity contribution in [3.05, 3.63) is 28.8 Å². The Labute approximate surface area is 128 Å². The molecule has 21 heavy (non-hydrogen) atoms. The second-order valence-electron chi connectivity index (χ2n) is 4.94. The van der Waals surface area contributed by atoms with Crippen LogP contribution in [0, 0.1) is 5.92 Å². The van der Waals surface area contributed by atoms with Gasteiger partial charge in [-0.2, -0.15) is 8.78 Å². The van der Waals surface area contributed by atoms with E-state index >= 15 is 0 Å². The minimum absolute atomic E-state index is 0.0492. The highest BCUT2D eigenvalue weighted by Gasteiger charge is 2.10. The molecule has 7 heteroatoms. The second kappa shape index (κ2) is 8.67. The van der Waals surface area contributed by atoms with Crippen molar-refractivity contribution in [1.29, 1.82) is 0 Å². The van der Waals surface area contributed by atoms with Crippen molar-refractivity contribution in [2.75, 3.05) is 6.54 Å². The summed E-state index contributed by atoms with van der Waals surface area (Å²) in [6.45, 7) is 2.14. The van der Waals surface area contributed by atoms with E-state index in [1.807, 2.05) is 0 Å². The number of hydrogen-bond donors (Lipinski definition) is 2. The lowest BCUT2D eigenvalue weighted by atomic mass is 10.1. The van der Waals surface area contributed by atoms with Crippen LogP contribution in [0.3, 0.4) is 0 Å². The van der Waals surface area contributed by atoms with Crippen LogP contribution in [-0.2, 0) is 6.54 Å². The van der Waals surface area contributed by atoms with Gasteiger partial charge in [-0.1, -0.05) is 25.4 Å². The van der Waals surface area contributed by atoms with Gasteiger partial charge in [0.25, 0.3) is 0 Å². The molecule has 0 heterocycles. The first-order valence-electron chi connectivity index (χ1n) is 6.65.